The van der Waals surface area contributed by atoms with E-state index in [0.29, 0.717) is 25.1 Å². The third-order valence-electron chi connectivity index (χ3n) is 7.40. The smallest absolute Gasteiger partial charge is 0.475 e. The number of carbonyl (C=O) groups excluding carboxylic acids is 1. The molecule has 0 unspecified atom stereocenters. The molecule has 2 aromatic rings. The number of carboxylic acids is 1. The number of nitrogens with zero attached hydrogens (tertiary/aromatic N) is 4. The number of hydrogen-bond acceptors (Lipinski definition) is 5. The van der Waals surface area contributed by atoms with E-state index in [1.165, 1.54) is 17.0 Å². The molecule has 0 bridgehead atoms. The predicted octanol–water partition coefficient (Wildman–Crippen LogP) is 4.44. The van der Waals surface area contributed by atoms with Gasteiger partial charge in [0, 0.05) is 56.4 Å². The fourth-order valence-corrected chi connectivity index (χ4v) is 5.29. The Morgan fingerprint density at radius 1 is 1.15 bits per heavy atom. The highest BCUT2D eigenvalue weighted by atomic mass is 35.5. The number of ether oxygens (including phenoxy) is 1. The molecule has 4 rings (SSSR count). The zero-order valence-electron chi connectivity index (χ0n) is 22.6. The number of benzene rings is 1. The van der Waals surface area contributed by atoms with Gasteiger partial charge in [0.15, 0.2) is 0 Å². The molecule has 2 heterocycles. The van der Waals surface area contributed by atoms with Crippen molar-refractivity contribution >= 4 is 23.5 Å². The number of carbonyl (C=O) groups is 2. The van der Waals surface area contributed by atoms with E-state index in [9.17, 15) is 18.0 Å². The summed E-state index contributed by atoms with van der Waals surface area (Å²) in [5, 5.41) is 12.6. The monoisotopic (exact) mass is 572 g/mol. The quantitative estimate of drug-likeness (QED) is 0.570. The number of amides is 1. The van der Waals surface area contributed by atoms with E-state index in [1.807, 2.05) is 23.9 Å². The van der Waals surface area contributed by atoms with Gasteiger partial charge in [0.25, 0.3) is 5.91 Å². The lowest BCUT2D eigenvalue weighted by atomic mass is 9.82. The number of rotatable bonds is 5. The van der Waals surface area contributed by atoms with E-state index in [0.717, 1.165) is 37.1 Å². The number of aryl methyl sites for hydroxylation is 2. The first-order valence-electron chi connectivity index (χ1n) is 12.9. The van der Waals surface area contributed by atoms with Gasteiger partial charge < -0.3 is 14.7 Å². The third kappa shape index (κ3) is 8.43. The fourth-order valence-electron chi connectivity index (χ4n) is 5.16. The highest BCUT2D eigenvalue weighted by Crippen LogP contribution is 2.36. The first-order chi connectivity index (χ1) is 18.3. The summed E-state index contributed by atoms with van der Waals surface area (Å²) in [5.41, 5.74) is 3.69. The fraction of sp³-hybridized carbons (Fsp3) is 0.593. The van der Waals surface area contributed by atoms with Crippen LogP contribution in [0.2, 0.25) is 5.02 Å². The van der Waals surface area contributed by atoms with Gasteiger partial charge in [0.05, 0.1) is 12.3 Å². The molecule has 2 fully saturated rings. The molecule has 8 nitrogen and oxygen atoms in total. The number of halogens is 4. The lowest BCUT2D eigenvalue weighted by Crippen LogP contribution is -2.58. The Bertz CT molecular complexity index is 1100. The second-order valence-electron chi connectivity index (χ2n) is 10.4. The summed E-state index contributed by atoms with van der Waals surface area (Å²) in [4.78, 5) is 25.7. The van der Waals surface area contributed by atoms with Crippen LogP contribution in [0.1, 0.15) is 48.6 Å². The van der Waals surface area contributed by atoms with Gasteiger partial charge in [0.2, 0.25) is 0 Å². The molecule has 0 spiro atoms. The predicted molar refractivity (Wildman–Crippen MR) is 141 cm³/mol. The average molecular weight is 573 g/mol. The van der Waals surface area contributed by atoms with E-state index in [1.54, 1.807) is 19.0 Å². The van der Waals surface area contributed by atoms with Crippen molar-refractivity contribution in [2.75, 3.05) is 27.2 Å². The molecule has 1 amide bonds. The van der Waals surface area contributed by atoms with Crippen LogP contribution in [-0.4, -0.2) is 88.2 Å². The Morgan fingerprint density at radius 3 is 2.23 bits per heavy atom. The van der Waals surface area contributed by atoms with E-state index in [-0.39, 0.29) is 18.1 Å². The molecule has 0 radical (unpaired) electrons. The number of alkyl halides is 3. The van der Waals surface area contributed by atoms with Crippen LogP contribution in [-0.2, 0) is 27.8 Å². The highest BCUT2D eigenvalue weighted by Gasteiger charge is 2.39. The molecular formula is C27H36ClF3N4O4. The molecule has 1 aliphatic heterocycles. The summed E-state index contributed by atoms with van der Waals surface area (Å²) in [5.74, 6) is -2.17. The molecule has 2 aliphatic rings. The number of likely N-dealkylation sites (N-methyl/N-ethyl adjacent to an activating group) is 1. The summed E-state index contributed by atoms with van der Waals surface area (Å²) in [6.07, 6.45) is -0.0424. The van der Waals surface area contributed by atoms with Crippen LogP contribution in [0, 0.1) is 6.92 Å². The second kappa shape index (κ2) is 13.1. The summed E-state index contributed by atoms with van der Waals surface area (Å²) < 4.78 is 39.8. The van der Waals surface area contributed by atoms with Gasteiger partial charge in [0.1, 0.15) is 6.10 Å². The number of aromatic nitrogens is 2. The molecule has 1 aliphatic carbocycles. The molecule has 1 aromatic carbocycles. The molecule has 1 saturated carbocycles. The maximum Gasteiger partial charge on any atom is 0.490 e. The minimum absolute atomic E-state index is 0.0533. The van der Waals surface area contributed by atoms with Crippen molar-refractivity contribution in [2.24, 2.45) is 7.05 Å². The number of hydrogen-bond donors (Lipinski definition) is 1. The van der Waals surface area contributed by atoms with Crippen LogP contribution in [0.25, 0.3) is 0 Å². The van der Waals surface area contributed by atoms with Crippen molar-refractivity contribution < 1.29 is 32.6 Å². The summed E-state index contributed by atoms with van der Waals surface area (Å²) >= 11 is 6.08. The van der Waals surface area contributed by atoms with Gasteiger partial charge in [-0.25, -0.2) is 4.79 Å². The standard InChI is InChI=1S/C25H35ClN4O2.C2HF3O2/c1-17-13-23(27-29(17)4)19-7-11-21(12-8-19)30-15-24(25(31)28(2)3)32-16-22(30)14-18-5-9-20(26)10-6-18;3-2(4,5)1(6)7/h5-6,9-10,13,19,21-22,24H,7-8,11-12,14-16H2,1-4H3;(H,6,7)/t19?,21?,22-,24+;/m0./s1. The van der Waals surface area contributed by atoms with Gasteiger partial charge in [-0.1, -0.05) is 23.7 Å². The Hall–Kier alpha value is -2.63. The number of carboxylic acid groups (broad SMARTS) is 1. The molecule has 39 heavy (non-hydrogen) atoms. The Kier molecular flexibility index (Phi) is 10.4. The number of aliphatic carboxylic acids is 1. The molecule has 1 aromatic heterocycles. The molecule has 2 atom stereocenters. The topological polar surface area (TPSA) is 87.9 Å². The van der Waals surface area contributed by atoms with Gasteiger partial charge in [-0.05, 0) is 62.8 Å². The first kappa shape index (κ1) is 30.9. The largest absolute Gasteiger partial charge is 0.490 e. The molecule has 216 valence electrons. The van der Waals surface area contributed by atoms with Crippen LogP contribution >= 0.6 is 11.6 Å². The normalized spacial score (nSPS) is 24.0. The Labute approximate surface area is 231 Å². The molecular weight excluding hydrogens is 537 g/mol. The minimum atomic E-state index is -5.08. The minimum Gasteiger partial charge on any atom is -0.475 e. The first-order valence-corrected chi connectivity index (χ1v) is 13.3. The summed E-state index contributed by atoms with van der Waals surface area (Å²) in [6, 6.07) is 11.0. The van der Waals surface area contributed by atoms with Crippen molar-refractivity contribution in [3.8, 4) is 0 Å². The third-order valence-corrected chi connectivity index (χ3v) is 7.65. The summed E-state index contributed by atoms with van der Waals surface area (Å²) in [7, 11) is 5.62. The van der Waals surface area contributed by atoms with Crippen molar-refractivity contribution in [1.29, 1.82) is 0 Å². The van der Waals surface area contributed by atoms with Gasteiger partial charge in [-0.3, -0.25) is 14.4 Å². The maximum atomic E-state index is 12.6. The van der Waals surface area contributed by atoms with Crippen LogP contribution < -0.4 is 0 Å². The van der Waals surface area contributed by atoms with Gasteiger partial charge in [-0.2, -0.15) is 18.3 Å². The maximum absolute atomic E-state index is 12.6. The second-order valence-corrected chi connectivity index (χ2v) is 10.8. The van der Waals surface area contributed by atoms with Gasteiger partial charge in [-0.15, -0.1) is 0 Å². The van der Waals surface area contributed by atoms with Crippen LogP contribution in [0.4, 0.5) is 13.2 Å². The van der Waals surface area contributed by atoms with E-state index >= 15 is 0 Å². The van der Waals surface area contributed by atoms with Crippen molar-refractivity contribution in [3.05, 3.63) is 52.3 Å². The van der Waals surface area contributed by atoms with Crippen LogP contribution in [0.3, 0.4) is 0 Å². The van der Waals surface area contributed by atoms with Gasteiger partial charge >= 0.3 is 12.1 Å². The molecule has 12 heteroatoms. The lowest BCUT2D eigenvalue weighted by Gasteiger charge is -2.46. The highest BCUT2D eigenvalue weighted by molar-refractivity contribution is 6.30. The van der Waals surface area contributed by atoms with Crippen molar-refractivity contribution in [2.45, 2.75) is 69.3 Å². The van der Waals surface area contributed by atoms with E-state index in [2.05, 4.69) is 30.0 Å². The van der Waals surface area contributed by atoms with Crippen molar-refractivity contribution in [1.82, 2.24) is 19.6 Å². The number of morpholine rings is 1. The summed E-state index contributed by atoms with van der Waals surface area (Å²) in [6.45, 7) is 3.35. The van der Waals surface area contributed by atoms with E-state index in [4.69, 9.17) is 31.3 Å². The van der Waals surface area contributed by atoms with E-state index < -0.39 is 12.1 Å². The van der Waals surface area contributed by atoms with Crippen molar-refractivity contribution in [3.63, 3.8) is 0 Å². The Balaban J connectivity index is 0.000000532. The SMILES string of the molecule is Cc1cc(C2CCC(N3C[C@H](C(=O)N(C)C)OC[C@@H]3Cc3ccc(Cl)cc3)CC2)nn1C.O=C(O)C(F)(F)F. The molecule has 1 saturated heterocycles. The average Bonchev–Trinajstić information content (AvgIpc) is 3.23. The van der Waals surface area contributed by atoms with Crippen LogP contribution in [0.5, 0.6) is 0 Å². The Morgan fingerprint density at radius 2 is 1.74 bits per heavy atom. The zero-order chi connectivity index (χ0) is 28.9. The lowest BCUT2D eigenvalue weighted by molar-refractivity contribution is -0.192. The molecule has 1 N–H and O–H groups in total. The zero-order valence-corrected chi connectivity index (χ0v) is 23.4. The van der Waals surface area contributed by atoms with Crippen LogP contribution in [0.15, 0.2) is 30.3 Å².